The molecule has 0 aromatic carbocycles. The Morgan fingerprint density at radius 2 is 2.27 bits per heavy atom. The number of hydrogen-bond acceptors (Lipinski definition) is 6. The summed E-state index contributed by atoms with van der Waals surface area (Å²) in [4.78, 5) is 16.1. The quantitative estimate of drug-likeness (QED) is 0.855. The second-order valence-electron chi connectivity index (χ2n) is 7.57. The van der Waals surface area contributed by atoms with E-state index in [-0.39, 0.29) is 5.41 Å². The van der Waals surface area contributed by atoms with Crippen LogP contribution in [0.5, 0.6) is 0 Å². The van der Waals surface area contributed by atoms with Gasteiger partial charge < -0.3 is 19.5 Å². The fraction of sp³-hybridized carbons (Fsp3) is 0.632. The molecule has 1 fully saturated rings. The van der Waals surface area contributed by atoms with E-state index in [4.69, 9.17) is 9.72 Å². The van der Waals surface area contributed by atoms with Crippen LogP contribution in [-0.4, -0.2) is 50.7 Å². The molecule has 0 amide bonds. The zero-order valence-corrected chi connectivity index (χ0v) is 15.7. The van der Waals surface area contributed by atoms with Gasteiger partial charge in [0.2, 0.25) is 5.95 Å². The van der Waals surface area contributed by atoms with Crippen LogP contribution in [0.1, 0.15) is 43.1 Å². The number of aryl methyl sites for hydroxylation is 1. The van der Waals surface area contributed by atoms with Crippen LogP contribution in [0.2, 0.25) is 0 Å². The van der Waals surface area contributed by atoms with Crippen molar-refractivity contribution in [2.75, 3.05) is 31.6 Å². The van der Waals surface area contributed by atoms with Crippen molar-refractivity contribution in [1.82, 2.24) is 24.4 Å². The molecule has 1 atom stereocenters. The zero-order valence-electron chi connectivity index (χ0n) is 15.7. The standard InChI is InChI=1S/C19H28N6O/c1-3-4-6-25-7-5-19(12-25)13-26-11-15-8-21-18(23-17(15)19)22-10-16-9-20-14-24(16)2/h8-9,14H,3-7,10-13H2,1-2H3,(H,21,22,23)/t19-/m0/s1. The molecule has 1 N–H and O–H groups in total. The van der Waals surface area contributed by atoms with Crippen LogP contribution < -0.4 is 5.32 Å². The average molecular weight is 356 g/mol. The first-order valence-corrected chi connectivity index (χ1v) is 9.56. The van der Waals surface area contributed by atoms with Crippen molar-refractivity contribution in [3.8, 4) is 0 Å². The lowest BCUT2D eigenvalue weighted by atomic mass is 9.80. The van der Waals surface area contributed by atoms with Crippen LogP contribution >= 0.6 is 0 Å². The summed E-state index contributed by atoms with van der Waals surface area (Å²) in [5.41, 5.74) is 3.45. The third-order valence-electron chi connectivity index (χ3n) is 5.61. The number of hydrogen-bond donors (Lipinski definition) is 1. The number of ether oxygens (including phenoxy) is 1. The second-order valence-corrected chi connectivity index (χ2v) is 7.57. The minimum atomic E-state index is 0.0211. The average Bonchev–Trinajstić information content (AvgIpc) is 3.25. The molecule has 0 bridgehead atoms. The molecule has 7 heteroatoms. The van der Waals surface area contributed by atoms with E-state index in [1.54, 1.807) is 6.33 Å². The van der Waals surface area contributed by atoms with Crippen LogP contribution in [0.4, 0.5) is 5.95 Å². The normalized spacial score (nSPS) is 22.7. The Hall–Kier alpha value is -1.99. The van der Waals surface area contributed by atoms with Crippen LogP contribution in [0.25, 0.3) is 0 Å². The van der Waals surface area contributed by atoms with Crippen LogP contribution in [0.15, 0.2) is 18.7 Å². The maximum Gasteiger partial charge on any atom is 0.223 e. The molecule has 26 heavy (non-hydrogen) atoms. The van der Waals surface area contributed by atoms with Gasteiger partial charge in [-0.1, -0.05) is 13.3 Å². The summed E-state index contributed by atoms with van der Waals surface area (Å²) in [6.07, 6.45) is 9.21. The highest BCUT2D eigenvalue weighted by Crippen LogP contribution is 2.39. The molecule has 0 aliphatic carbocycles. The summed E-state index contributed by atoms with van der Waals surface area (Å²) in [6, 6.07) is 0. The summed E-state index contributed by atoms with van der Waals surface area (Å²) >= 11 is 0. The van der Waals surface area contributed by atoms with Gasteiger partial charge in [0.15, 0.2) is 0 Å². The summed E-state index contributed by atoms with van der Waals surface area (Å²) in [7, 11) is 1.99. The Labute approximate surface area is 154 Å². The van der Waals surface area contributed by atoms with E-state index in [0.29, 0.717) is 19.1 Å². The first kappa shape index (κ1) is 17.4. The molecule has 2 aromatic rings. The number of fused-ring (bicyclic) bond motifs is 2. The predicted octanol–water partition coefficient (Wildman–Crippen LogP) is 2.10. The van der Waals surface area contributed by atoms with Gasteiger partial charge in [-0.3, -0.25) is 0 Å². The summed E-state index contributed by atoms with van der Waals surface area (Å²) in [5.74, 6) is 0.693. The molecule has 4 rings (SSSR count). The van der Waals surface area contributed by atoms with Gasteiger partial charge in [0.25, 0.3) is 0 Å². The smallest absolute Gasteiger partial charge is 0.223 e. The minimum Gasteiger partial charge on any atom is -0.376 e. The molecule has 1 spiro atoms. The van der Waals surface area contributed by atoms with Crippen molar-refractivity contribution in [3.63, 3.8) is 0 Å². The maximum atomic E-state index is 5.92. The number of rotatable bonds is 6. The van der Waals surface area contributed by atoms with Gasteiger partial charge in [-0.15, -0.1) is 0 Å². The summed E-state index contributed by atoms with van der Waals surface area (Å²) in [6.45, 7) is 7.64. The molecule has 2 aliphatic heterocycles. The van der Waals surface area contributed by atoms with Gasteiger partial charge in [-0.05, 0) is 25.9 Å². The molecule has 140 valence electrons. The molecule has 0 unspecified atom stereocenters. The Bertz CT molecular complexity index is 760. The third-order valence-corrected chi connectivity index (χ3v) is 5.61. The van der Waals surface area contributed by atoms with E-state index in [0.717, 1.165) is 37.4 Å². The van der Waals surface area contributed by atoms with E-state index >= 15 is 0 Å². The molecule has 2 aromatic heterocycles. The fourth-order valence-electron chi connectivity index (χ4n) is 4.05. The number of unbranched alkanes of at least 4 members (excludes halogenated alkanes) is 1. The van der Waals surface area contributed by atoms with E-state index in [1.807, 2.05) is 24.0 Å². The molecular formula is C19H28N6O. The highest BCUT2D eigenvalue weighted by Gasteiger charge is 2.44. The van der Waals surface area contributed by atoms with Crippen molar-refractivity contribution >= 4 is 5.95 Å². The second kappa shape index (κ2) is 7.32. The SMILES string of the molecule is CCCCN1CC[C@@]2(COCc3cnc(NCc4cncn4C)nc32)C1. The van der Waals surface area contributed by atoms with Gasteiger partial charge >= 0.3 is 0 Å². The van der Waals surface area contributed by atoms with Crippen molar-refractivity contribution < 1.29 is 4.74 Å². The van der Waals surface area contributed by atoms with Crippen molar-refractivity contribution in [1.29, 1.82) is 0 Å². The molecule has 1 saturated heterocycles. The van der Waals surface area contributed by atoms with Crippen LogP contribution in [0, 0.1) is 0 Å². The Kier molecular flexibility index (Phi) is 4.91. The monoisotopic (exact) mass is 356 g/mol. The highest BCUT2D eigenvalue weighted by atomic mass is 16.5. The largest absolute Gasteiger partial charge is 0.376 e. The topological polar surface area (TPSA) is 68.1 Å². The number of nitrogens with zero attached hydrogens (tertiary/aromatic N) is 5. The number of aromatic nitrogens is 4. The number of imidazole rings is 1. The van der Waals surface area contributed by atoms with Crippen molar-refractivity contribution in [3.05, 3.63) is 35.7 Å². The molecular weight excluding hydrogens is 328 g/mol. The lowest BCUT2D eigenvalue weighted by molar-refractivity contribution is 0.0506. The first-order chi connectivity index (χ1) is 12.7. The Morgan fingerprint density at radius 1 is 1.35 bits per heavy atom. The fourth-order valence-corrected chi connectivity index (χ4v) is 4.05. The van der Waals surface area contributed by atoms with E-state index in [9.17, 15) is 0 Å². The van der Waals surface area contributed by atoms with Gasteiger partial charge in [0, 0.05) is 31.5 Å². The lowest BCUT2D eigenvalue weighted by Gasteiger charge is -2.34. The highest BCUT2D eigenvalue weighted by molar-refractivity contribution is 5.36. The lowest BCUT2D eigenvalue weighted by Crippen LogP contribution is -2.40. The molecule has 0 radical (unpaired) electrons. The van der Waals surface area contributed by atoms with Crippen molar-refractivity contribution in [2.24, 2.45) is 7.05 Å². The maximum absolute atomic E-state index is 5.92. The van der Waals surface area contributed by atoms with Crippen molar-refractivity contribution in [2.45, 2.75) is 44.8 Å². The number of likely N-dealkylation sites (tertiary alicyclic amines) is 1. The van der Waals surface area contributed by atoms with Crippen LogP contribution in [0.3, 0.4) is 0 Å². The Morgan fingerprint density at radius 3 is 3.08 bits per heavy atom. The van der Waals surface area contributed by atoms with Gasteiger partial charge in [0.05, 0.1) is 42.9 Å². The minimum absolute atomic E-state index is 0.0211. The molecule has 0 saturated carbocycles. The van der Waals surface area contributed by atoms with Gasteiger partial charge in [0.1, 0.15) is 0 Å². The zero-order chi connectivity index (χ0) is 18.0. The summed E-state index contributed by atoms with van der Waals surface area (Å²) in [5, 5.41) is 3.35. The van der Waals surface area contributed by atoms with Gasteiger partial charge in [-0.2, -0.15) is 0 Å². The third kappa shape index (κ3) is 3.33. The Balaban J connectivity index is 1.52. The predicted molar refractivity (Wildman–Crippen MR) is 99.9 cm³/mol. The van der Waals surface area contributed by atoms with Crippen LogP contribution in [-0.2, 0) is 30.4 Å². The van der Waals surface area contributed by atoms with E-state index < -0.39 is 0 Å². The number of anilines is 1. The first-order valence-electron chi connectivity index (χ1n) is 9.56. The van der Waals surface area contributed by atoms with E-state index in [2.05, 4.69) is 27.1 Å². The number of nitrogens with one attached hydrogen (secondary N) is 1. The summed E-state index contributed by atoms with van der Waals surface area (Å²) < 4.78 is 7.93. The van der Waals surface area contributed by atoms with E-state index in [1.165, 1.54) is 25.1 Å². The molecule has 4 heterocycles. The molecule has 2 aliphatic rings. The molecule has 7 nitrogen and oxygen atoms in total. The van der Waals surface area contributed by atoms with Gasteiger partial charge in [-0.25, -0.2) is 15.0 Å².